The molecule has 0 saturated carbocycles. The standard InChI is InChI=1S/C20H22BrN3O2/c1-13-4-9-18(14(2)12-13)22-19(25)10-11-20(26)24-23-15(3)16-5-7-17(21)8-6-16/h4-9,12H,10-11H2,1-3H3,(H,22,25)(H,24,26)/b23-15-. The zero-order chi connectivity index (χ0) is 19.1. The summed E-state index contributed by atoms with van der Waals surface area (Å²) in [4.78, 5) is 23.9. The largest absolute Gasteiger partial charge is 0.326 e. The lowest BCUT2D eigenvalue weighted by molar-refractivity contribution is -0.124. The van der Waals surface area contributed by atoms with Crippen molar-refractivity contribution in [3.8, 4) is 0 Å². The van der Waals surface area contributed by atoms with Gasteiger partial charge in [-0.05, 0) is 50.1 Å². The van der Waals surface area contributed by atoms with Crippen LogP contribution in [0.2, 0.25) is 0 Å². The molecule has 2 aromatic carbocycles. The second-order valence-corrected chi connectivity index (χ2v) is 7.02. The van der Waals surface area contributed by atoms with E-state index in [2.05, 4.69) is 31.8 Å². The lowest BCUT2D eigenvalue weighted by Crippen LogP contribution is -2.22. The average molecular weight is 416 g/mol. The van der Waals surface area contributed by atoms with Gasteiger partial charge in [0.25, 0.3) is 0 Å². The second kappa shape index (κ2) is 9.29. The minimum Gasteiger partial charge on any atom is -0.326 e. The molecule has 0 aliphatic heterocycles. The molecule has 2 N–H and O–H groups in total. The summed E-state index contributed by atoms with van der Waals surface area (Å²) in [5, 5.41) is 6.91. The zero-order valence-corrected chi connectivity index (χ0v) is 16.7. The number of hydrogen-bond acceptors (Lipinski definition) is 3. The Morgan fingerprint density at radius 3 is 2.31 bits per heavy atom. The molecule has 6 heteroatoms. The lowest BCUT2D eigenvalue weighted by Gasteiger charge is -2.09. The van der Waals surface area contributed by atoms with Gasteiger partial charge < -0.3 is 5.32 Å². The summed E-state index contributed by atoms with van der Waals surface area (Å²) >= 11 is 3.37. The van der Waals surface area contributed by atoms with Gasteiger partial charge in [-0.1, -0.05) is 45.8 Å². The summed E-state index contributed by atoms with van der Waals surface area (Å²) in [6.07, 6.45) is 0.180. The minimum absolute atomic E-state index is 0.0772. The van der Waals surface area contributed by atoms with Gasteiger partial charge in [-0.2, -0.15) is 5.10 Å². The summed E-state index contributed by atoms with van der Waals surface area (Å²) in [5.41, 5.74) is 7.01. The predicted molar refractivity (Wildman–Crippen MR) is 108 cm³/mol. The van der Waals surface area contributed by atoms with Crippen LogP contribution in [0.15, 0.2) is 52.0 Å². The highest BCUT2D eigenvalue weighted by atomic mass is 79.9. The Kier molecular flexibility index (Phi) is 7.09. The molecule has 2 amide bonds. The monoisotopic (exact) mass is 415 g/mol. The number of benzene rings is 2. The number of carbonyl (C=O) groups is 2. The van der Waals surface area contributed by atoms with Crippen molar-refractivity contribution in [1.29, 1.82) is 0 Å². The van der Waals surface area contributed by atoms with E-state index < -0.39 is 0 Å². The molecule has 2 aromatic rings. The Morgan fingerprint density at radius 2 is 1.65 bits per heavy atom. The van der Waals surface area contributed by atoms with Gasteiger partial charge >= 0.3 is 0 Å². The van der Waals surface area contributed by atoms with Crippen LogP contribution in [0.3, 0.4) is 0 Å². The summed E-state index contributed by atoms with van der Waals surface area (Å²) < 4.78 is 0.980. The highest BCUT2D eigenvalue weighted by molar-refractivity contribution is 9.10. The number of nitrogens with zero attached hydrogens (tertiary/aromatic N) is 1. The van der Waals surface area contributed by atoms with Crippen molar-refractivity contribution in [2.24, 2.45) is 5.10 Å². The van der Waals surface area contributed by atoms with Crippen molar-refractivity contribution in [3.05, 3.63) is 63.6 Å². The fourth-order valence-electron chi connectivity index (χ4n) is 2.35. The van der Waals surface area contributed by atoms with E-state index in [0.29, 0.717) is 5.71 Å². The first kappa shape index (κ1) is 19.8. The van der Waals surface area contributed by atoms with Gasteiger partial charge in [0.2, 0.25) is 11.8 Å². The van der Waals surface area contributed by atoms with E-state index in [4.69, 9.17) is 0 Å². The Balaban J connectivity index is 1.81. The smallest absolute Gasteiger partial charge is 0.240 e. The second-order valence-electron chi connectivity index (χ2n) is 6.11. The molecular formula is C20H22BrN3O2. The number of carbonyl (C=O) groups excluding carboxylic acids is 2. The molecule has 0 radical (unpaired) electrons. The fraction of sp³-hybridized carbons (Fsp3) is 0.250. The van der Waals surface area contributed by atoms with Gasteiger partial charge in [-0.3, -0.25) is 9.59 Å². The molecule has 136 valence electrons. The zero-order valence-electron chi connectivity index (χ0n) is 15.1. The third kappa shape index (κ3) is 6.11. The number of nitrogens with one attached hydrogen (secondary N) is 2. The molecule has 0 aromatic heterocycles. The van der Waals surface area contributed by atoms with E-state index in [9.17, 15) is 9.59 Å². The number of halogens is 1. The number of rotatable bonds is 6. The quantitative estimate of drug-likeness (QED) is 0.544. The Labute approximate surface area is 162 Å². The van der Waals surface area contributed by atoms with Gasteiger partial charge in [0, 0.05) is 23.0 Å². The average Bonchev–Trinajstić information content (AvgIpc) is 2.61. The molecule has 0 bridgehead atoms. The van der Waals surface area contributed by atoms with Crippen LogP contribution in [0, 0.1) is 13.8 Å². The number of amides is 2. The van der Waals surface area contributed by atoms with Crippen LogP contribution < -0.4 is 10.7 Å². The van der Waals surface area contributed by atoms with Crippen LogP contribution >= 0.6 is 15.9 Å². The first-order valence-corrected chi connectivity index (χ1v) is 9.10. The van der Waals surface area contributed by atoms with Crippen LogP contribution in [0.5, 0.6) is 0 Å². The first-order chi connectivity index (χ1) is 12.3. The maximum atomic E-state index is 12.0. The van der Waals surface area contributed by atoms with Crippen LogP contribution in [-0.2, 0) is 9.59 Å². The summed E-state index contributed by atoms with van der Waals surface area (Å²) in [5.74, 6) is -0.488. The highest BCUT2D eigenvalue weighted by Gasteiger charge is 2.08. The molecule has 5 nitrogen and oxygen atoms in total. The number of anilines is 1. The van der Waals surface area contributed by atoms with Gasteiger partial charge in [-0.15, -0.1) is 0 Å². The minimum atomic E-state index is -0.294. The molecule has 0 unspecified atom stereocenters. The Morgan fingerprint density at radius 1 is 1.00 bits per heavy atom. The fourth-order valence-corrected chi connectivity index (χ4v) is 2.62. The molecule has 0 aliphatic rings. The van der Waals surface area contributed by atoms with Crippen molar-refractivity contribution >= 4 is 39.1 Å². The van der Waals surface area contributed by atoms with E-state index >= 15 is 0 Å². The maximum absolute atomic E-state index is 12.0. The van der Waals surface area contributed by atoms with E-state index in [1.807, 2.05) is 63.2 Å². The molecule has 2 rings (SSSR count). The normalized spacial score (nSPS) is 11.2. The third-order valence-electron chi connectivity index (χ3n) is 3.85. The molecule has 0 saturated heterocycles. The van der Waals surface area contributed by atoms with Crippen molar-refractivity contribution in [1.82, 2.24) is 5.43 Å². The van der Waals surface area contributed by atoms with E-state index in [0.717, 1.165) is 26.9 Å². The van der Waals surface area contributed by atoms with Crippen molar-refractivity contribution in [3.63, 3.8) is 0 Å². The van der Waals surface area contributed by atoms with Crippen LogP contribution in [0.1, 0.15) is 36.5 Å². The van der Waals surface area contributed by atoms with Crippen molar-refractivity contribution < 1.29 is 9.59 Å². The van der Waals surface area contributed by atoms with Gasteiger partial charge in [-0.25, -0.2) is 5.43 Å². The number of aryl methyl sites for hydroxylation is 2. The number of hydrogen-bond donors (Lipinski definition) is 2. The molecule has 0 atom stereocenters. The number of hydrazone groups is 1. The molecule has 26 heavy (non-hydrogen) atoms. The van der Waals surface area contributed by atoms with E-state index in [1.165, 1.54) is 0 Å². The Bertz CT molecular complexity index is 829. The third-order valence-corrected chi connectivity index (χ3v) is 4.37. The van der Waals surface area contributed by atoms with Crippen molar-refractivity contribution in [2.45, 2.75) is 33.6 Å². The van der Waals surface area contributed by atoms with Gasteiger partial charge in [0.1, 0.15) is 0 Å². The summed E-state index contributed by atoms with van der Waals surface area (Å²) in [6, 6.07) is 13.4. The van der Waals surface area contributed by atoms with Gasteiger partial charge in [0.05, 0.1) is 5.71 Å². The molecular weight excluding hydrogens is 394 g/mol. The SMILES string of the molecule is C/C(=N/NC(=O)CCC(=O)Nc1ccc(C)cc1C)c1ccc(Br)cc1. The van der Waals surface area contributed by atoms with Crippen LogP contribution in [0.4, 0.5) is 5.69 Å². The van der Waals surface area contributed by atoms with Crippen molar-refractivity contribution in [2.75, 3.05) is 5.32 Å². The molecule has 0 fully saturated rings. The van der Waals surface area contributed by atoms with E-state index in [-0.39, 0.29) is 24.7 Å². The van der Waals surface area contributed by atoms with Crippen LogP contribution in [0.25, 0.3) is 0 Å². The summed E-state index contributed by atoms with van der Waals surface area (Å²) in [7, 11) is 0. The predicted octanol–water partition coefficient (Wildman–Crippen LogP) is 4.33. The summed E-state index contributed by atoms with van der Waals surface area (Å²) in [6.45, 7) is 5.76. The maximum Gasteiger partial charge on any atom is 0.240 e. The topological polar surface area (TPSA) is 70.6 Å². The van der Waals surface area contributed by atoms with Crippen LogP contribution in [-0.4, -0.2) is 17.5 Å². The molecule has 0 aliphatic carbocycles. The Hall–Kier alpha value is -2.47. The first-order valence-electron chi connectivity index (χ1n) is 8.31. The van der Waals surface area contributed by atoms with Gasteiger partial charge in [0.15, 0.2) is 0 Å². The highest BCUT2D eigenvalue weighted by Crippen LogP contribution is 2.16. The lowest BCUT2D eigenvalue weighted by atomic mass is 10.1. The van der Waals surface area contributed by atoms with E-state index in [1.54, 1.807) is 0 Å². The molecule has 0 heterocycles. The molecule has 0 spiro atoms.